The number of hydrogen-bond acceptors (Lipinski definition) is 2. The number of hydrogen-bond donors (Lipinski definition) is 2. The number of rotatable bonds is 5. The highest BCUT2D eigenvalue weighted by atomic mass is 19.1. The molecule has 2 rings (SSSR count). The van der Waals surface area contributed by atoms with E-state index in [9.17, 15) is 14.0 Å². The number of nitrogens with zero attached hydrogens (tertiary/aromatic N) is 1. The Morgan fingerprint density at radius 3 is 2.67 bits per heavy atom. The summed E-state index contributed by atoms with van der Waals surface area (Å²) in [5, 5.41) is 11.4. The first-order valence-corrected chi connectivity index (χ1v) is 7.10. The quantitative estimate of drug-likeness (QED) is 0.876. The number of amides is 2. The van der Waals surface area contributed by atoms with Gasteiger partial charge >= 0.3 is 12.0 Å². The first-order valence-electron chi connectivity index (χ1n) is 7.10. The fraction of sp³-hybridized carbons (Fsp3) is 0.467. The van der Waals surface area contributed by atoms with Gasteiger partial charge in [0.2, 0.25) is 0 Å². The van der Waals surface area contributed by atoms with Crippen LogP contribution in [-0.4, -0.2) is 35.1 Å². The topological polar surface area (TPSA) is 69.6 Å². The molecule has 1 aromatic carbocycles. The smallest absolute Gasteiger partial charge is 0.335 e. The third-order valence-electron chi connectivity index (χ3n) is 3.83. The molecule has 1 saturated carbocycles. The number of aromatic carboxylic acids is 1. The first kappa shape index (κ1) is 15.3. The number of halogens is 1. The summed E-state index contributed by atoms with van der Waals surface area (Å²) in [4.78, 5) is 24.7. The number of benzene rings is 1. The summed E-state index contributed by atoms with van der Waals surface area (Å²) >= 11 is 0. The molecule has 0 saturated heterocycles. The van der Waals surface area contributed by atoms with E-state index in [4.69, 9.17) is 5.11 Å². The van der Waals surface area contributed by atoms with Crippen molar-refractivity contribution in [3.8, 4) is 0 Å². The molecule has 2 N–H and O–H groups in total. The Labute approximate surface area is 122 Å². The minimum absolute atomic E-state index is 0.0614. The molecule has 0 aromatic heterocycles. The average molecular weight is 294 g/mol. The number of urea groups is 1. The van der Waals surface area contributed by atoms with Gasteiger partial charge in [-0.05, 0) is 43.9 Å². The number of carbonyl (C=O) groups is 2. The monoisotopic (exact) mass is 294 g/mol. The second kappa shape index (κ2) is 6.56. The summed E-state index contributed by atoms with van der Waals surface area (Å²) in [6.07, 6.45) is 3.43. The molecule has 0 spiro atoms. The minimum Gasteiger partial charge on any atom is -0.478 e. The highest BCUT2D eigenvalue weighted by Crippen LogP contribution is 2.27. The van der Waals surface area contributed by atoms with Crippen LogP contribution in [0.2, 0.25) is 0 Å². The molecule has 114 valence electrons. The van der Waals surface area contributed by atoms with E-state index in [1.165, 1.54) is 12.5 Å². The molecule has 0 atom stereocenters. The Balaban J connectivity index is 2.06. The van der Waals surface area contributed by atoms with Crippen LogP contribution in [0.5, 0.6) is 0 Å². The van der Waals surface area contributed by atoms with Crippen molar-refractivity contribution in [2.24, 2.45) is 5.92 Å². The van der Waals surface area contributed by atoms with Gasteiger partial charge in [0, 0.05) is 13.1 Å². The third-order valence-corrected chi connectivity index (χ3v) is 3.83. The van der Waals surface area contributed by atoms with Crippen LogP contribution in [0.3, 0.4) is 0 Å². The van der Waals surface area contributed by atoms with Gasteiger partial charge in [0.15, 0.2) is 0 Å². The van der Waals surface area contributed by atoms with Crippen LogP contribution in [0.4, 0.5) is 14.9 Å². The normalized spacial score (nSPS) is 14.4. The largest absolute Gasteiger partial charge is 0.478 e. The molecule has 21 heavy (non-hydrogen) atoms. The molecule has 6 heteroatoms. The average Bonchev–Trinajstić information content (AvgIpc) is 2.39. The molecule has 1 fully saturated rings. The molecule has 1 aliphatic rings. The van der Waals surface area contributed by atoms with E-state index in [2.05, 4.69) is 5.32 Å². The highest BCUT2D eigenvalue weighted by Gasteiger charge is 2.23. The van der Waals surface area contributed by atoms with Gasteiger partial charge in [-0.25, -0.2) is 14.0 Å². The molecule has 0 heterocycles. The molecule has 0 bridgehead atoms. The molecule has 2 amide bonds. The van der Waals surface area contributed by atoms with Gasteiger partial charge in [-0.1, -0.05) is 6.42 Å². The van der Waals surface area contributed by atoms with Crippen molar-refractivity contribution in [1.29, 1.82) is 0 Å². The lowest BCUT2D eigenvalue weighted by atomic mass is 9.85. The lowest BCUT2D eigenvalue weighted by Crippen LogP contribution is -2.40. The molecular weight excluding hydrogens is 275 g/mol. The number of carbonyl (C=O) groups excluding carboxylic acids is 1. The second-order valence-electron chi connectivity index (χ2n) is 5.27. The standard InChI is InChI=1S/C15H19FN2O3/c1-2-18(9-10-4-3-5-10)15(21)17-13-8-11(14(19)20)6-7-12(13)16/h6-8,10H,2-5,9H2,1H3,(H,17,21)(H,19,20). The maximum Gasteiger partial charge on any atom is 0.335 e. The van der Waals surface area contributed by atoms with Crippen LogP contribution in [-0.2, 0) is 0 Å². The zero-order valence-corrected chi connectivity index (χ0v) is 11.9. The number of carboxylic acid groups (broad SMARTS) is 1. The van der Waals surface area contributed by atoms with E-state index in [-0.39, 0.29) is 11.3 Å². The molecule has 5 nitrogen and oxygen atoms in total. The Hall–Kier alpha value is -2.11. The number of carboxylic acids is 1. The van der Waals surface area contributed by atoms with E-state index in [0.29, 0.717) is 19.0 Å². The van der Waals surface area contributed by atoms with Gasteiger partial charge in [-0.15, -0.1) is 0 Å². The van der Waals surface area contributed by atoms with E-state index < -0.39 is 17.8 Å². The Morgan fingerprint density at radius 2 is 2.14 bits per heavy atom. The molecule has 1 aromatic rings. The summed E-state index contributed by atoms with van der Waals surface area (Å²) in [5.41, 5.74) is -0.166. The van der Waals surface area contributed by atoms with Crippen LogP contribution < -0.4 is 5.32 Å². The van der Waals surface area contributed by atoms with Crippen LogP contribution in [0, 0.1) is 11.7 Å². The number of anilines is 1. The van der Waals surface area contributed by atoms with Gasteiger partial charge in [-0.3, -0.25) is 0 Å². The van der Waals surface area contributed by atoms with Crippen molar-refractivity contribution in [2.75, 3.05) is 18.4 Å². The predicted octanol–water partition coefficient (Wildman–Crippen LogP) is 3.18. The second-order valence-corrected chi connectivity index (χ2v) is 5.27. The van der Waals surface area contributed by atoms with Crippen molar-refractivity contribution in [3.05, 3.63) is 29.6 Å². The van der Waals surface area contributed by atoms with Gasteiger partial charge in [0.1, 0.15) is 5.82 Å². The van der Waals surface area contributed by atoms with Crippen LogP contribution in [0.15, 0.2) is 18.2 Å². The van der Waals surface area contributed by atoms with Crippen molar-refractivity contribution < 1.29 is 19.1 Å². The summed E-state index contributed by atoms with van der Waals surface area (Å²) in [6.45, 7) is 3.05. The Morgan fingerprint density at radius 1 is 1.43 bits per heavy atom. The van der Waals surface area contributed by atoms with E-state index >= 15 is 0 Å². The molecule has 0 aliphatic heterocycles. The van der Waals surface area contributed by atoms with Gasteiger partial charge in [0.05, 0.1) is 11.3 Å². The lowest BCUT2D eigenvalue weighted by Gasteiger charge is -2.31. The van der Waals surface area contributed by atoms with Crippen LogP contribution in [0.25, 0.3) is 0 Å². The third kappa shape index (κ3) is 3.71. The maximum absolute atomic E-state index is 13.7. The van der Waals surface area contributed by atoms with E-state index in [1.807, 2.05) is 6.92 Å². The summed E-state index contributed by atoms with van der Waals surface area (Å²) in [7, 11) is 0. The molecule has 0 unspecified atom stereocenters. The minimum atomic E-state index is -1.16. The summed E-state index contributed by atoms with van der Waals surface area (Å²) in [5.74, 6) is -1.29. The Kier molecular flexibility index (Phi) is 4.77. The molecular formula is C15H19FN2O3. The van der Waals surface area contributed by atoms with Crippen molar-refractivity contribution in [2.45, 2.75) is 26.2 Å². The zero-order chi connectivity index (χ0) is 15.4. The van der Waals surface area contributed by atoms with E-state index in [1.54, 1.807) is 4.90 Å². The molecule has 1 aliphatic carbocycles. The first-order chi connectivity index (χ1) is 10.0. The van der Waals surface area contributed by atoms with Crippen LogP contribution in [0.1, 0.15) is 36.5 Å². The van der Waals surface area contributed by atoms with Gasteiger partial charge < -0.3 is 15.3 Å². The van der Waals surface area contributed by atoms with Crippen molar-refractivity contribution in [3.63, 3.8) is 0 Å². The van der Waals surface area contributed by atoms with Gasteiger partial charge in [-0.2, -0.15) is 0 Å². The van der Waals surface area contributed by atoms with Crippen molar-refractivity contribution >= 4 is 17.7 Å². The number of nitrogens with one attached hydrogen (secondary N) is 1. The van der Waals surface area contributed by atoms with Gasteiger partial charge in [0.25, 0.3) is 0 Å². The summed E-state index contributed by atoms with van der Waals surface area (Å²) < 4.78 is 13.7. The fourth-order valence-electron chi connectivity index (χ4n) is 2.29. The molecule has 0 radical (unpaired) electrons. The van der Waals surface area contributed by atoms with Crippen molar-refractivity contribution in [1.82, 2.24) is 4.90 Å². The highest BCUT2D eigenvalue weighted by molar-refractivity contribution is 5.93. The van der Waals surface area contributed by atoms with Crippen LogP contribution >= 0.6 is 0 Å². The zero-order valence-electron chi connectivity index (χ0n) is 11.9. The Bertz CT molecular complexity index is 544. The fourth-order valence-corrected chi connectivity index (χ4v) is 2.29. The summed E-state index contributed by atoms with van der Waals surface area (Å²) in [6, 6.07) is 2.94. The predicted molar refractivity (Wildman–Crippen MR) is 77.0 cm³/mol. The SMILES string of the molecule is CCN(CC1CCC1)C(=O)Nc1cc(C(=O)O)ccc1F. The maximum atomic E-state index is 13.7. The van der Waals surface area contributed by atoms with E-state index in [0.717, 1.165) is 25.0 Å². The lowest BCUT2D eigenvalue weighted by molar-refractivity contribution is 0.0697.